The smallest absolute Gasteiger partial charge is 0.163 e. The molecule has 0 fully saturated rings. The fourth-order valence-electron chi connectivity index (χ4n) is 2.09. The molecule has 0 bridgehead atoms. The quantitative estimate of drug-likeness (QED) is 0.641. The van der Waals surface area contributed by atoms with Gasteiger partial charge in [-0.25, -0.2) is 0 Å². The molecule has 86 valence electrons. The third kappa shape index (κ3) is 1.35. The second-order valence-corrected chi connectivity index (χ2v) is 4.13. The Morgan fingerprint density at radius 3 is 2.71 bits per heavy atom. The van der Waals surface area contributed by atoms with Crippen molar-refractivity contribution >= 4 is 5.65 Å². The van der Waals surface area contributed by atoms with Gasteiger partial charge in [0.05, 0.1) is 17.0 Å². The lowest BCUT2D eigenvalue weighted by atomic mass is 10.1. The van der Waals surface area contributed by atoms with Crippen LogP contribution in [0.2, 0.25) is 0 Å². The molecule has 0 aromatic carbocycles. The van der Waals surface area contributed by atoms with Crippen LogP contribution in [0.5, 0.6) is 0 Å². The second kappa shape index (κ2) is 3.41. The van der Waals surface area contributed by atoms with Gasteiger partial charge >= 0.3 is 0 Å². The summed E-state index contributed by atoms with van der Waals surface area (Å²) in [6, 6.07) is 4.07. The Balaban J connectivity index is 2.39. The number of aryl methyl sites for hydroxylation is 3. The minimum atomic E-state index is 0.807. The normalized spacial score (nSPS) is 11.2. The van der Waals surface area contributed by atoms with Gasteiger partial charge < -0.3 is 4.52 Å². The van der Waals surface area contributed by atoms with Crippen molar-refractivity contribution in [1.82, 2.24) is 19.8 Å². The lowest BCUT2D eigenvalue weighted by molar-refractivity contribution is 0.393. The van der Waals surface area contributed by atoms with E-state index in [2.05, 4.69) is 15.4 Å². The number of rotatable bonds is 1. The summed E-state index contributed by atoms with van der Waals surface area (Å²) in [6.45, 7) is 5.86. The first-order valence-electron chi connectivity index (χ1n) is 5.41. The molecule has 3 rings (SSSR count). The molecule has 0 N–H and O–H groups in total. The van der Waals surface area contributed by atoms with Gasteiger partial charge in [0.25, 0.3) is 0 Å². The molecule has 0 aliphatic carbocycles. The second-order valence-electron chi connectivity index (χ2n) is 4.13. The highest BCUT2D eigenvalue weighted by atomic mass is 16.5. The molecule has 17 heavy (non-hydrogen) atoms. The third-order valence-corrected chi connectivity index (χ3v) is 2.94. The molecule has 3 aromatic heterocycles. The van der Waals surface area contributed by atoms with Crippen molar-refractivity contribution in [2.75, 3.05) is 0 Å². The lowest BCUT2D eigenvalue weighted by Gasteiger charge is -2.05. The summed E-state index contributed by atoms with van der Waals surface area (Å²) in [6.07, 6.45) is 1.71. The molecule has 0 amide bonds. The van der Waals surface area contributed by atoms with Crippen molar-refractivity contribution in [3.63, 3.8) is 0 Å². The van der Waals surface area contributed by atoms with Gasteiger partial charge in [0.2, 0.25) is 0 Å². The van der Waals surface area contributed by atoms with E-state index in [1.54, 1.807) is 6.33 Å². The molecule has 5 heteroatoms. The summed E-state index contributed by atoms with van der Waals surface area (Å²) in [5.41, 5.74) is 4.85. The first-order chi connectivity index (χ1) is 8.18. The summed E-state index contributed by atoms with van der Waals surface area (Å²) in [5, 5.41) is 12.0. The van der Waals surface area contributed by atoms with Crippen LogP contribution < -0.4 is 0 Å². The maximum atomic E-state index is 5.20. The van der Waals surface area contributed by atoms with Gasteiger partial charge in [0, 0.05) is 0 Å². The maximum absolute atomic E-state index is 5.20. The summed E-state index contributed by atoms with van der Waals surface area (Å²) in [4.78, 5) is 0. The topological polar surface area (TPSA) is 56.2 Å². The highest BCUT2D eigenvalue weighted by Gasteiger charge is 2.15. The van der Waals surface area contributed by atoms with E-state index >= 15 is 0 Å². The maximum Gasteiger partial charge on any atom is 0.163 e. The van der Waals surface area contributed by atoms with E-state index in [-0.39, 0.29) is 0 Å². The molecule has 0 radical (unpaired) electrons. The number of aromatic nitrogens is 4. The van der Waals surface area contributed by atoms with Gasteiger partial charge in [-0.15, -0.1) is 10.2 Å². The molecule has 0 aliphatic rings. The van der Waals surface area contributed by atoms with Crippen molar-refractivity contribution < 1.29 is 4.52 Å². The van der Waals surface area contributed by atoms with Gasteiger partial charge in [-0.1, -0.05) is 11.2 Å². The zero-order valence-corrected chi connectivity index (χ0v) is 9.93. The lowest BCUT2D eigenvalue weighted by Crippen LogP contribution is -1.94. The van der Waals surface area contributed by atoms with E-state index in [4.69, 9.17) is 4.52 Å². The predicted molar refractivity (Wildman–Crippen MR) is 62.7 cm³/mol. The fraction of sp³-hybridized carbons (Fsp3) is 0.250. The molecule has 3 heterocycles. The van der Waals surface area contributed by atoms with Crippen molar-refractivity contribution in [3.8, 4) is 11.3 Å². The predicted octanol–water partition coefficient (Wildman–Crippen LogP) is 2.31. The Morgan fingerprint density at radius 2 is 2.00 bits per heavy atom. The van der Waals surface area contributed by atoms with Gasteiger partial charge in [0.1, 0.15) is 12.1 Å². The van der Waals surface area contributed by atoms with E-state index in [0.717, 1.165) is 33.9 Å². The fourth-order valence-corrected chi connectivity index (χ4v) is 2.09. The zero-order chi connectivity index (χ0) is 12.0. The molecule has 3 aromatic rings. The summed E-state index contributed by atoms with van der Waals surface area (Å²) < 4.78 is 7.16. The van der Waals surface area contributed by atoms with Crippen LogP contribution in [0.25, 0.3) is 16.9 Å². The average molecular weight is 228 g/mol. The summed E-state index contributed by atoms with van der Waals surface area (Å²) in [7, 11) is 0. The van der Waals surface area contributed by atoms with Crippen LogP contribution in [0.15, 0.2) is 23.0 Å². The Bertz CT molecular complexity index is 676. The molecule has 5 nitrogen and oxygen atoms in total. The van der Waals surface area contributed by atoms with Crippen LogP contribution in [0, 0.1) is 20.8 Å². The van der Waals surface area contributed by atoms with E-state index in [1.165, 1.54) is 0 Å². The molecule has 0 saturated heterocycles. The number of nitrogens with zero attached hydrogens (tertiary/aromatic N) is 4. The third-order valence-electron chi connectivity index (χ3n) is 2.94. The SMILES string of the molecule is Cc1noc(C)c1-c1ccc(C)c2nncn12. The molecular formula is C12H12N4O. The standard InChI is InChI=1S/C12H12N4O/c1-7-4-5-10(16-6-13-14-12(7)16)11-8(2)15-17-9(11)3/h4-6H,1-3H3. The van der Waals surface area contributed by atoms with Crippen molar-refractivity contribution in [1.29, 1.82) is 0 Å². The molecule has 0 saturated carbocycles. The van der Waals surface area contributed by atoms with E-state index in [0.29, 0.717) is 0 Å². The van der Waals surface area contributed by atoms with Gasteiger partial charge in [-0.3, -0.25) is 4.40 Å². The summed E-state index contributed by atoms with van der Waals surface area (Å²) >= 11 is 0. The van der Waals surface area contributed by atoms with Crippen LogP contribution in [0.3, 0.4) is 0 Å². The largest absolute Gasteiger partial charge is 0.361 e. The number of pyridine rings is 1. The Labute approximate surface area is 98.1 Å². The van der Waals surface area contributed by atoms with E-state index in [9.17, 15) is 0 Å². The summed E-state index contributed by atoms with van der Waals surface area (Å²) in [5.74, 6) is 0.807. The zero-order valence-electron chi connectivity index (χ0n) is 9.93. The average Bonchev–Trinajstić information content (AvgIpc) is 2.89. The highest BCUT2D eigenvalue weighted by molar-refractivity contribution is 5.68. The number of fused-ring (bicyclic) bond motifs is 1. The number of hydrogen-bond acceptors (Lipinski definition) is 4. The van der Waals surface area contributed by atoms with Crippen LogP contribution >= 0.6 is 0 Å². The first-order valence-corrected chi connectivity index (χ1v) is 5.41. The van der Waals surface area contributed by atoms with Crippen LogP contribution in [-0.4, -0.2) is 19.8 Å². The molecule has 0 unspecified atom stereocenters. The van der Waals surface area contributed by atoms with Gasteiger partial charge in [-0.05, 0) is 32.4 Å². The highest BCUT2D eigenvalue weighted by Crippen LogP contribution is 2.27. The Morgan fingerprint density at radius 1 is 1.18 bits per heavy atom. The van der Waals surface area contributed by atoms with Gasteiger partial charge in [0.15, 0.2) is 5.65 Å². The molecule has 0 spiro atoms. The van der Waals surface area contributed by atoms with Gasteiger partial charge in [-0.2, -0.15) is 0 Å². The first kappa shape index (κ1) is 10.0. The van der Waals surface area contributed by atoms with Crippen LogP contribution in [0.4, 0.5) is 0 Å². The monoisotopic (exact) mass is 228 g/mol. The Hall–Kier alpha value is -2.17. The Kier molecular flexibility index (Phi) is 2.01. The minimum Gasteiger partial charge on any atom is -0.361 e. The number of hydrogen-bond donors (Lipinski definition) is 0. The van der Waals surface area contributed by atoms with Crippen molar-refractivity contribution in [2.45, 2.75) is 20.8 Å². The molecule has 0 atom stereocenters. The van der Waals surface area contributed by atoms with E-state index < -0.39 is 0 Å². The van der Waals surface area contributed by atoms with Crippen LogP contribution in [-0.2, 0) is 0 Å². The van der Waals surface area contributed by atoms with E-state index in [1.807, 2.05) is 37.3 Å². The molecular weight excluding hydrogens is 216 g/mol. The minimum absolute atomic E-state index is 0.807. The van der Waals surface area contributed by atoms with Crippen LogP contribution in [0.1, 0.15) is 17.0 Å². The van der Waals surface area contributed by atoms with Crippen molar-refractivity contribution in [2.24, 2.45) is 0 Å². The van der Waals surface area contributed by atoms with Crippen molar-refractivity contribution in [3.05, 3.63) is 35.5 Å². The molecule has 0 aliphatic heterocycles.